The maximum atomic E-state index is 12.8. The average Bonchev–Trinajstić information content (AvgIpc) is 3.39. The van der Waals surface area contributed by atoms with Crippen molar-refractivity contribution in [3.05, 3.63) is 0 Å². The molecule has 0 radical (unpaired) electrons. The van der Waals surface area contributed by atoms with Crippen molar-refractivity contribution >= 4 is 27.6 Å². The molecule has 1 fully saturated rings. The molecule has 10 nitrogen and oxygen atoms in total. The first kappa shape index (κ1) is 72.9. The summed E-state index contributed by atoms with van der Waals surface area (Å²) in [5.74, 6) is 2.04. The molecule has 4 atom stereocenters. The number of esters is 1. The van der Waals surface area contributed by atoms with E-state index in [1.807, 2.05) is 21.6 Å². The summed E-state index contributed by atoms with van der Waals surface area (Å²) in [6.07, 6.45) is 44.6. The van der Waals surface area contributed by atoms with E-state index in [1.54, 1.807) is 0 Å². The van der Waals surface area contributed by atoms with Crippen LogP contribution in [0.2, 0.25) is 0 Å². The summed E-state index contributed by atoms with van der Waals surface area (Å²) in [4.78, 5) is 22.4. The number of piperazine rings is 1. The largest absolute Gasteiger partial charge is 0.464 e. The molecule has 1 rings (SSSR count). The van der Waals surface area contributed by atoms with Crippen molar-refractivity contribution in [3.8, 4) is 0 Å². The van der Waals surface area contributed by atoms with E-state index in [2.05, 4.69) is 47.3 Å². The van der Waals surface area contributed by atoms with Crippen LogP contribution in [0, 0.1) is 0 Å². The predicted octanol–water partition coefficient (Wildman–Crippen LogP) is 14.9. The summed E-state index contributed by atoms with van der Waals surface area (Å²) in [6, 6.07) is 0. The normalized spacial score (nSPS) is 15.3. The Hall–Kier alpha value is -0.150. The molecule has 0 aromatic heterocycles. The second kappa shape index (κ2) is 55.7. The number of aliphatic hydroxyl groups excluding tert-OH is 4. The van der Waals surface area contributed by atoms with Gasteiger partial charge >= 0.3 is 5.97 Å². The number of unbranched alkanes of at least 4 members (excludes halogenated alkanes) is 28. The van der Waals surface area contributed by atoms with Crippen LogP contribution in [0.1, 0.15) is 278 Å². The zero-order chi connectivity index (χ0) is 54.5. The van der Waals surface area contributed by atoms with E-state index in [-0.39, 0.29) is 18.2 Å². The summed E-state index contributed by atoms with van der Waals surface area (Å²) >= 11 is 0. The molecule has 4 N–H and O–H groups in total. The molecule has 0 aromatic carbocycles. The Morgan fingerprint density at radius 3 is 1.04 bits per heavy atom. The van der Waals surface area contributed by atoms with Crippen molar-refractivity contribution in [3.63, 3.8) is 0 Å². The Morgan fingerprint density at radius 1 is 0.400 bits per heavy atom. The highest BCUT2D eigenvalue weighted by molar-refractivity contribution is 8.76. The van der Waals surface area contributed by atoms with E-state index in [9.17, 15) is 25.2 Å². The third-order valence-corrected chi connectivity index (χ3v) is 18.2. The van der Waals surface area contributed by atoms with Gasteiger partial charge in [0, 0.05) is 83.4 Å². The van der Waals surface area contributed by atoms with Crippen LogP contribution in [0.5, 0.6) is 0 Å². The molecule has 0 saturated carbocycles. The Balaban J connectivity index is 2.36. The van der Waals surface area contributed by atoms with Gasteiger partial charge in [0.2, 0.25) is 0 Å². The lowest BCUT2D eigenvalue weighted by Gasteiger charge is -2.34. The summed E-state index contributed by atoms with van der Waals surface area (Å²) < 4.78 is 5.72. The molecule has 0 aromatic rings. The number of carbonyl (C=O) groups excluding carboxylic acids is 1. The highest BCUT2D eigenvalue weighted by atomic mass is 33.1. The van der Waals surface area contributed by atoms with Gasteiger partial charge in [0.05, 0.1) is 24.4 Å². The van der Waals surface area contributed by atoms with Crippen molar-refractivity contribution in [1.82, 2.24) is 19.6 Å². The maximum absolute atomic E-state index is 12.8. The lowest BCUT2D eigenvalue weighted by atomic mass is 10.0. The maximum Gasteiger partial charge on any atom is 0.305 e. The fraction of sp³-hybridized carbons (Fsp3) is 0.984. The number of hydrogen-bond donors (Lipinski definition) is 4. The molecule has 1 saturated heterocycles. The van der Waals surface area contributed by atoms with Gasteiger partial charge < -0.3 is 25.2 Å². The van der Waals surface area contributed by atoms with Crippen molar-refractivity contribution in [2.24, 2.45) is 0 Å². The minimum absolute atomic E-state index is 0.145. The van der Waals surface area contributed by atoms with Crippen LogP contribution in [-0.2, 0) is 9.53 Å². The SMILES string of the molecule is CCCCCCCCCCC(O)CN(CCCSSCCN1CCN(CCOC(=O)CCCN(CC(O)CCCCCCCCCC)CC(O)CCCCCCCCCC)CC1)CC(O)CCCCCCCCCC. The summed E-state index contributed by atoms with van der Waals surface area (Å²) in [5.41, 5.74) is 0. The lowest BCUT2D eigenvalue weighted by molar-refractivity contribution is -0.144. The van der Waals surface area contributed by atoms with Crippen LogP contribution in [0.3, 0.4) is 0 Å². The Bertz CT molecular complexity index is 1120. The van der Waals surface area contributed by atoms with Crippen LogP contribution < -0.4 is 0 Å². The summed E-state index contributed by atoms with van der Waals surface area (Å²) in [6.45, 7) is 19.5. The topological polar surface area (TPSA) is 120 Å². The molecule has 1 aliphatic rings. The number of hydrogen-bond acceptors (Lipinski definition) is 12. The smallest absolute Gasteiger partial charge is 0.305 e. The highest BCUT2D eigenvalue weighted by Gasteiger charge is 2.20. The first-order chi connectivity index (χ1) is 36.7. The summed E-state index contributed by atoms with van der Waals surface area (Å²) in [7, 11) is 3.94. The van der Waals surface area contributed by atoms with Gasteiger partial charge in [0.15, 0.2) is 0 Å². The van der Waals surface area contributed by atoms with Crippen LogP contribution in [0.15, 0.2) is 0 Å². The molecule has 75 heavy (non-hydrogen) atoms. The van der Waals surface area contributed by atoms with Crippen molar-refractivity contribution in [1.29, 1.82) is 0 Å². The van der Waals surface area contributed by atoms with E-state index in [0.29, 0.717) is 52.2 Å². The first-order valence-corrected chi connectivity index (χ1v) is 35.2. The molecule has 12 heteroatoms. The standard InChI is InChI=1S/C63H128N4O6S2/c1-5-9-13-17-21-25-29-33-39-59(68)55-66(56-60(69)40-34-30-26-22-18-14-10-6-2)44-37-43-63(72)73-52-50-64-46-48-65(49-47-64)51-54-75-74-53-38-45-67(57-61(70)41-35-31-27-23-19-15-11-7-3)58-62(71)42-36-32-28-24-20-16-12-8-4/h59-62,68-71H,5-58H2,1-4H3. The molecule has 1 aliphatic heterocycles. The molecule has 4 unspecified atom stereocenters. The van der Waals surface area contributed by atoms with E-state index < -0.39 is 12.2 Å². The molecular weight excluding hydrogens is 973 g/mol. The fourth-order valence-electron chi connectivity index (χ4n) is 10.8. The van der Waals surface area contributed by atoms with Crippen LogP contribution in [-0.4, -0.2) is 167 Å². The highest BCUT2D eigenvalue weighted by Crippen LogP contribution is 2.23. The molecular formula is C63H128N4O6S2. The third kappa shape index (κ3) is 49.4. The number of ether oxygens (including phenoxy) is 1. The predicted molar refractivity (Wildman–Crippen MR) is 328 cm³/mol. The Labute approximate surface area is 473 Å². The molecule has 0 aliphatic carbocycles. The van der Waals surface area contributed by atoms with E-state index in [0.717, 1.165) is 115 Å². The molecule has 0 spiro atoms. The van der Waals surface area contributed by atoms with Crippen LogP contribution in [0.4, 0.5) is 0 Å². The van der Waals surface area contributed by atoms with E-state index >= 15 is 0 Å². The zero-order valence-corrected chi connectivity index (χ0v) is 51.8. The van der Waals surface area contributed by atoms with Gasteiger partial charge in [-0.2, -0.15) is 0 Å². The monoisotopic (exact) mass is 1100 g/mol. The van der Waals surface area contributed by atoms with Gasteiger partial charge in [-0.05, 0) is 51.6 Å². The van der Waals surface area contributed by atoms with Gasteiger partial charge in [-0.15, -0.1) is 0 Å². The molecule has 448 valence electrons. The second-order valence-electron chi connectivity index (χ2n) is 23.2. The minimum atomic E-state index is -0.403. The minimum Gasteiger partial charge on any atom is -0.464 e. The molecule has 0 bridgehead atoms. The number of nitrogens with zero attached hydrogens (tertiary/aromatic N) is 4. The van der Waals surface area contributed by atoms with Gasteiger partial charge in [-0.25, -0.2) is 0 Å². The first-order valence-electron chi connectivity index (χ1n) is 32.7. The molecule has 0 amide bonds. The van der Waals surface area contributed by atoms with Crippen molar-refractivity contribution in [2.45, 2.75) is 303 Å². The third-order valence-electron chi connectivity index (χ3n) is 15.7. The van der Waals surface area contributed by atoms with Crippen molar-refractivity contribution in [2.75, 3.05) is 96.6 Å². The summed E-state index contributed by atoms with van der Waals surface area (Å²) in [5, 5.41) is 44.0. The van der Waals surface area contributed by atoms with Gasteiger partial charge in [-0.3, -0.25) is 24.4 Å². The number of carbonyl (C=O) groups is 1. The lowest BCUT2D eigenvalue weighted by Crippen LogP contribution is -2.47. The number of aliphatic hydroxyl groups is 4. The van der Waals surface area contributed by atoms with E-state index in [4.69, 9.17) is 4.74 Å². The second-order valence-corrected chi connectivity index (χ2v) is 25.9. The van der Waals surface area contributed by atoms with Crippen molar-refractivity contribution < 1.29 is 30.0 Å². The number of rotatable bonds is 59. The molecule has 1 heterocycles. The zero-order valence-electron chi connectivity index (χ0n) is 50.2. The van der Waals surface area contributed by atoms with E-state index in [1.165, 1.54) is 180 Å². The quantitative estimate of drug-likeness (QED) is 0.0264. The fourth-order valence-corrected chi connectivity index (χ4v) is 12.9. The Morgan fingerprint density at radius 2 is 0.693 bits per heavy atom. The van der Waals surface area contributed by atoms with Crippen LogP contribution >= 0.6 is 21.6 Å². The Kier molecular flexibility index (Phi) is 54.2. The van der Waals surface area contributed by atoms with Crippen LogP contribution in [0.25, 0.3) is 0 Å². The average molecular weight is 1100 g/mol. The van der Waals surface area contributed by atoms with Gasteiger partial charge in [0.25, 0.3) is 0 Å². The van der Waals surface area contributed by atoms with Gasteiger partial charge in [-0.1, -0.05) is 255 Å². The van der Waals surface area contributed by atoms with Gasteiger partial charge in [0.1, 0.15) is 6.61 Å².